The van der Waals surface area contributed by atoms with E-state index in [1.807, 2.05) is 30.3 Å². The van der Waals surface area contributed by atoms with Crippen molar-refractivity contribution in [3.8, 4) is 0 Å². The zero-order chi connectivity index (χ0) is 18.9. The molecule has 7 nitrogen and oxygen atoms in total. The fraction of sp³-hybridized carbons (Fsp3) is 0.400. The predicted octanol–water partition coefficient (Wildman–Crippen LogP) is 2.53. The average Bonchev–Trinajstić information content (AvgIpc) is 2.72. The summed E-state index contributed by atoms with van der Waals surface area (Å²) in [5.41, 5.74) is 2.29. The molecule has 3 rings (SSSR count). The van der Waals surface area contributed by atoms with Gasteiger partial charge in [0.1, 0.15) is 5.71 Å². The van der Waals surface area contributed by atoms with E-state index in [1.54, 1.807) is 6.07 Å². The highest BCUT2D eigenvalue weighted by Gasteiger charge is 2.16. The summed E-state index contributed by atoms with van der Waals surface area (Å²) in [7, 11) is 0. The first-order chi connectivity index (χ1) is 13.2. The molecule has 144 valence electrons. The molecule has 1 aromatic carbocycles. The van der Waals surface area contributed by atoms with Crippen LogP contribution in [0.3, 0.4) is 0 Å². The Morgan fingerprint density at radius 2 is 2.07 bits per heavy atom. The Kier molecular flexibility index (Phi) is 7.29. The van der Waals surface area contributed by atoms with Crippen LogP contribution in [0.25, 0.3) is 0 Å². The fourth-order valence-corrected chi connectivity index (χ4v) is 2.67. The lowest BCUT2D eigenvalue weighted by Gasteiger charge is -2.20. The molecule has 1 unspecified atom stereocenters. The molecule has 2 aromatic rings. The van der Waals surface area contributed by atoms with Gasteiger partial charge in [0.05, 0.1) is 25.5 Å². The molecule has 1 saturated heterocycles. The van der Waals surface area contributed by atoms with Crippen molar-refractivity contribution in [2.75, 3.05) is 13.2 Å². The summed E-state index contributed by atoms with van der Waals surface area (Å²) in [4.78, 5) is 9.78. The second-order valence-electron chi connectivity index (χ2n) is 6.27. The first-order valence-corrected chi connectivity index (χ1v) is 9.01. The van der Waals surface area contributed by atoms with Crippen molar-refractivity contribution in [2.45, 2.75) is 38.4 Å². The number of pyridine rings is 1. The molecule has 0 amide bonds. The summed E-state index contributed by atoms with van der Waals surface area (Å²) in [6, 6.07) is 12.9. The smallest absolute Gasteiger partial charge is 0.226 e. The van der Waals surface area contributed by atoms with E-state index >= 15 is 0 Å². The highest BCUT2D eigenvalue weighted by atomic mass is 16.8. The zero-order valence-corrected chi connectivity index (χ0v) is 15.0. The lowest BCUT2D eigenvalue weighted by Crippen LogP contribution is -2.22. The first-order valence-electron chi connectivity index (χ1n) is 9.01. The number of hydrogen-bond acceptors (Lipinski definition) is 7. The monoisotopic (exact) mass is 372 g/mol. The van der Waals surface area contributed by atoms with Crippen molar-refractivity contribution >= 4 is 5.71 Å². The first kappa shape index (κ1) is 19.4. The molecule has 0 radical (unpaired) electrons. The van der Waals surface area contributed by atoms with Crippen molar-refractivity contribution in [1.82, 2.24) is 4.98 Å². The summed E-state index contributed by atoms with van der Waals surface area (Å²) in [6.45, 7) is 1.24. The van der Waals surface area contributed by atoms with Crippen molar-refractivity contribution in [3.05, 3.63) is 65.5 Å². The molecule has 0 aliphatic carbocycles. The number of aliphatic hydroxyl groups is 2. The van der Waals surface area contributed by atoms with Gasteiger partial charge in [0.2, 0.25) is 6.29 Å². The SMILES string of the molecule is OC(O)c1ccnc(/C(COCc2ccccc2)=N/OC2CCCCO2)c1. The number of aromatic nitrogens is 1. The number of aliphatic hydroxyl groups excluding tert-OH is 1. The van der Waals surface area contributed by atoms with Crippen LogP contribution >= 0.6 is 0 Å². The van der Waals surface area contributed by atoms with Crippen molar-refractivity contribution in [1.29, 1.82) is 0 Å². The van der Waals surface area contributed by atoms with Crippen LogP contribution in [0.4, 0.5) is 0 Å². The quantitative estimate of drug-likeness (QED) is 0.420. The summed E-state index contributed by atoms with van der Waals surface area (Å²) in [6.07, 6.45) is 2.37. The third kappa shape index (κ3) is 6.11. The van der Waals surface area contributed by atoms with E-state index in [1.165, 1.54) is 12.3 Å². The van der Waals surface area contributed by atoms with Gasteiger partial charge in [0.15, 0.2) is 6.29 Å². The highest BCUT2D eigenvalue weighted by molar-refractivity contribution is 5.99. The van der Waals surface area contributed by atoms with Gasteiger partial charge in [-0.05, 0) is 30.5 Å². The Labute approximate surface area is 158 Å². The van der Waals surface area contributed by atoms with Crippen molar-refractivity contribution in [2.24, 2.45) is 5.16 Å². The number of oxime groups is 1. The second kappa shape index (κ2) is 10.1. The van der Waals surface area contributed by atoms with E-state index < -0.39 is 6.29 Å². The van der Waals surface area contributed by atoms with Crippen LogP contribution in [-0.4, -0.2) is 40.4 Å². The molecule has 1 atom stereocenters. The molecule has 0 bridgehead atoms. The standard InChI is InChI=1S/C20H24N2O5/c23-20(24)16-9-10-21-17(12-16)18(22-27-19-8-4-5-11-26-19)14-25-13-15-6-2-1-3-7-15/h1-3,6-7,9-10,12,19-20,23-24H,4-5,8,11,13-14H2/b22-18+. The van der Waals surface area contributed by atoms with Crippen LogP contribution < -0.4 is 0 Å². The Bertz CT molecular complexity index is 730. The fourth-order valence-electron chi connectivity index (χ4n) is 2.67. The molecule has 7 heteroatoms. The van der Waals surface area contributed by atoms with E-state index in [0.29, 0.717) is 30.2 Å². The van der Waals surface area contributed by atoms with Crippen LogP contribution in [0.15, 0.2) is 53.8 Å². The van der Waals surface area contributed by atoms with E-state index in [9.17, 15) is 10.2 Å². The maximum absolute atomic E-state index is 9.39. The van der Waals surface area contributed by atoms with Gasteiger partial charge in [-0.2, -0.15) is 0 Å². The van der Waals surface area contributed by atoms with Crippen LogP contribution in [0, 0.1) is 0 Å². The third-order valence-corrected chi connectivity index (χ3v) is 4.15. The van der Waals surface area contributed by atoms with Gasteiger partial charge in [-0.15, -0.1) is 0 Å². The minimum atomic E-state index is -1.58. The van der Waals surface area contributed by atoms with Gasteiger partial charge in [0.25, 0.3) is 0 Å². The minimum Gasteiger partial charge on any atom is -0.370 e. The summed E-state index contributed by atoms with van der Waals surface area (Å²) >= 11 is 0. The molecule has 0 saturated carbocycles. The van der Waals surface area contributed by atoms with Gasteiger partial charge < -0.3 is 24.5 Å². The molecule has 1 aromatic heterocycles. The largest absolute Gasteiger partial charge is 0.370 e. The zero-order valence-electron chi connectivity index (χ0n) is 15.0. The Balaban J connectivity index is 1.70. The average molecular weight is 372 g/mol. The van der Waals surface area contributed by atoms with Gasteiger partial charge in [0, 0.05) is 18.2 Å². The van der Waals surface area contributed by atoms with Gasteiger partial charge >= 0.3 is 0 Å². The van der Waals surface area contributed by atoms with E-state index in [2.05, 4.69) is 10.1 Å². The molecule has 2 heterocycles. The number of nitrogens with zero attached hydrogens (tertiary/aromatic N) is 2. The molecule has 27 heavy (non-hydrogen) atoms. The van der Waals surface area contributed by atoms with E-state index in [4.69, 9.17) is 14.3 Å². The summed E-state index contributed by atoms with van der Waals surface area (Å²) in [5.74, 6) is 0. The molecule has 1 aliphatic rings. The Morgan fingerprint density at radius 3 is 2.81 bits per heavy atom. The van der Waals surface area contributed by atoms with Gasteiger partial charge in [-0.3, -0.25) is 4.98 Å². The molecule has 1 fully saturated rings. The molecule has 0 spiro atoms. The van der Waals surface area contributed by atoms with E-state index in [0.717, 1.165) is 24.8 Å². The van der Waals surface area contributed by atoms with Crippen molar-refractivity contribution < 1.29 is 24.5 Å². The number of benzene rings is 1. The topological polar surface area (TPSA) is 93.4 Å². The summed E-state index contributed by atoms with van der Waals surface area (Å²) < 4.78 is 11.3. The molecular formula is C20H24N2O5. The second-order valence-corrected chi connectivity index (χ2v) is 6.27. The molecular weight excluding hydrogens is 348 g/mol. The summed E-state index contributed by atoms with van der Waals surface area (Å²) in [5, 5.41) is 23.0. The van der Waals surface area contributed by atoms with Crippen LogP contribution in [-0.2, 0) is 20.9 Å². The maximum Gasteiger partial charge on any atom is 0.226 e. The van der Waals surface area contributed by atoms with Crippen LogP contribution in [0.1, 0.15) is 42.4 Å². The highest BCUT2D eigenvalue weighted by Crippen LogP contribution is 2.16. The predicted molar refractivity (Wildman–Crippen MR) is 98.7 cm³/mol. The number of rotatable bonds is 8. The van der Waals surface area contributed by atoms with Crippen molar-refractivity contribution in [3.63, 3.8) is 0 Å². The maximum atomic E-state index is 9.39. The number of hydrogen-bond donors (Lipinski definition) is 2. The Morgan fingerprint density at radius 1 is 1.22 bits per heavy atom. The van der Waals surface area contributed by atoms with Crippen LogP contribution in [0.2, 0.25) is 0 Å². The van der Waals surface area contributed by atoms with Gasteiger partial charge in [-0.1, -0.05) is 35.5 Å². The van der Waals surface area contributed by atoms with Crippen LogP contribution in [0.5, 0.6) is 0 Å². The third-order valence-electron chi connectivity index (χ3n) is 4.15. The van der Waals surface area contributed by atoms with Gasteiger partial charge in [-0.25, -0.2) is 0 Å². The Hall–Kier alpha value is -2.32. The minimum absolute atomic E-state index is 0.166. The van der Waals surface area contributed by atoms with E-state index in [-0.39, 0.29) is 12.9 Å². The molecule has 1 aliphatic heterocycles. The lowest BCUT2D eigenvalue weighted by atomic mass is 10.1. The number of ether oxygens (including phenoxy) is 2. The lowest BCUT2D eigenvalue weighted by molar-refractivity contribution is -0.162. The molecule has 2 N–H and O–H groups in total. The normalized spacial score (nSPS) is 17.9.